The molecule has 34 heavy (non-hydrogen) atoms. The maximum Gasteiger partial charge on any atom is 0.284 e. The third-order valence-corrected chi connectivity index (χ3v) is 6.10. The van der Waals surface area contributed by atoms with Gasteiger partial charge in [0.1, 0.15) is 29.9 Å². The SMILES string of the molecule is COc1cc(-c2c(C#N)c(N)nc3c2c(=O)nc2sccn23)ccc1OCc1ccccc1F. The third-order valence-electron chi connectivity index (χ3n) is 5.34. The highest BCUT2D eigenvalue weighted by atomic mass is 32.1. The molecule has 2 N–H and O–H groups in total. The summed E-state index contributed by atoms with van der Waals surface area (Å²) in [5, 5.41) is 11.8. The Bertz CT molecular complexity index is 1670. The van der Waals surface area contributed by atoms with Gasteiger partial charge in [-0.1, -0.05) is 24.3 Å². The molecule has 0 amide bonds. The predicted octanol–water partition coefficient (Wildman–Crippen LogP) is 4.15. The number of methoxy groups -OCH3 is 1. The third kappa shape index (κ3) is 3.48. The number of nitriles is 1. The Kier molecular flexibility index (Phi) is 5.31. The maximum absolute atomic E-state index is 14.0. The van der Waals surface area contributed by atoms with Crippen LogP contribution in [0.15, 0.2) is 58.8 Å². The Labute approximate surface area is 196 Å². The van der Waals surface area contributed by atoms with E-state index in [-0.39, 0.29) is 29.2 Å². The molecule has 0 bridgehead atoms. The molecule has 8 nitrogen and oxygen atoms in total. The van der Waals surface area contributed by atoms with Gasteiger partial charge in [0, 0.05) is 22.7 Å². The molecule has 2 aromatic carbocycles. The Morgan fingerprint density at radius 2 is 2.03 bits per heavy atom. The molecule has 0 aliphatic heterocycles. The summed E-state index contributed by atoms with van der Waals surface area (Å²) in [6.45, 7) is -0.00162. The minimum Gasteiger partial charge on any atom is -0.493 e. The van der Waals surface area contributed by atoms with E-state index in [0.717, 1.165) is 0 Å². The Hall–Kier alpha value is -4.49. The second-order valence-corrected chi connectivity index (χ2v) is 8.15. The van der Waals surface area contributed by atoms with E-state index in [1.165, 1.54) is 24.5 Å². The number of benzene rings is 2. The zero-order chi connectivity index (χ0) is 23.8. The first-order valence-corrected chi connectivity index (χ1v) is 10.9. The molecule has 168 valence electrons. The topological polar surface area (TPSA) is 116 Å². The van der Waals surface area contributed by atoms with Crippen LogP contribution in [-0.2, 0) is 6.61 Å². The van der Waals surface area contributed by atoms with Gasteiger partial charge in [-0.3, -0.25) is 9.20 Å². The van der Waals surface area contributed by atoms with Crippen LogP contribution < -0.4 is 20.8 Å². The number of nitrogens with zero attached hydrogens (tertiary/aromatic N) is 4. The summed E-state index contributed by atoms with van der Waals surface area (Å²) < 4.78 is 26.9. The number of fused-ring (bicyclic) bond motifs is 3. The van der Waals surface area contributed by atoms with E-state index in [2.05, 4.69) is 16.0 Å². The van der Waals surface area contributed by atoms with Crippen LogP contribution in [0.25, 0.3) is 27.1 Å². The molecule has 0 radical (unpaired) electrons. The van der Waals surface area contributed by atoms with Gasteiger partial charge in [-0.15, -0.1) is 11.3 Å². The number of ether oxygens (including phenoxy) is 2. The number of hydrogen-bond donors (Lipinski definition) is 1. The Morgan fingerprint density at radius 1 is 1.21 bits per heavy atom. The van der Waals surface area contributed by atoms with Crippen LogP contribution in [0.2, 0.25) is 0 Å². The van der Waals surface area contributed by atoms with E-state index in [1.807, 2.05) is 0 Å². The van der Waals surface area contributed by atoms with Crippen molar-refractivity contribution in [1.82, 2.24) is 14.4 Å². The van der Waals surface area contributed by atoms with Crippen LogP contribution in [0.1, 0.15) is 11.1 Å². The molecule has 10 heteroatoms. The quantitative estimate of drug-likeness (QED) is 0.408. The van der Waals surface area contributed by atoms with Crippen molar-refractivity contribution in [2.45, 2.75) is 6.61 Å². The molecule has 0 atom stereocenters. The number of nitrogens with two attached hydrogens (primary N) is 1. The fourth-order valence-corrected chi connectivity index (χ4v) is 4.44. The molecule has 0 spiro atoms. The lowest BCUT2D eigenvalue weighted by molar-refractivity contribution is 0.280. The first kappa shape index (κ1) is 21.4. The normalized spacial score (nSPS) is 11.0. The molecule has 5 rings (SSSR count). The molecular weight excluding hydrogens is 457 g/mol. The van der Waals surface area contributed by atoms with Crippen molar-refractivity contribution in [3.8, 4) is 28.7 Å². The lowest BCUT2D eigenvalue weighted by Gasteiger charge is -2.15. The van der Waals surface area contributed by atoms with Crippen molar-refractivity contribution < 1.29 is 13.9 Å². The van der Waals surface area contributed by atoms with Crippen LogP contribution in [0.5, 0.6) is 11.5 Å². The number of nitrogen functional groups attached to an aromatic ring is 1. The zero-order valence-corrected chi connectivity index (χ0v) is 18.6. The molecule has 0 saturated heterocycles. The van der Waals surface area contributed by atoms with Crippen molar-refractivity contribution in [1.29, 1.82) is 5.26 Å². The summed E-state index contributed by atoms with van der Waals surface area (Å²) in [7, 11) is 1.46. The van der Waals surface area contributed by atoms with E-state index >= 15 is 0 Å². The summed E-state index contributed by atoms with van der Waals surface area (Å²) in [5.74, 6) is 0.331. The average Bonchev–Trinajstić information content (AvgIpc) is 3.31. The van der Waals surface area contributed by atoms with Crippen molar-refractivity contribution >= 4 is 33.1 Å². The van der Waals surface area contributed by atoms with Crippen LogP contribution in [0, 0.1) is 17.1 Å². The van der Waals surface area contributed by atoms with Crippen LogP contribution in [0.3, 0.4) is 0 Å². The number of pyridine rings is 1. The number of rotatable bonds is 5. The molecular formula is C24H16FN5O3S. The minimum atomic E-state index is -0.518. The molecule has 5 aromatic rings. The lowest BCUT2D eigenvalue weighted by Crippen LogP contribution is -2.13. The van der Waals surface area contributed by atoms with Gasteiger partial charge in [0.15, 0.2) is 22.1 Å². The van der Waals surface area contributed by atoms with E-state index in [1.54, 1.807) is 52.4 Å². The Morgan fingerprint density at radius 3 is 2.79 bits per heavy atom. The molecule has 0 aliphatic rings. The Balaban J connectivity index is 1.67. The highest BCUT2D eigenvalue weighted by Crippen LogP contribution is 2.38. The van der Waals surface area contributed by atoms with Gasteiger partial charge >= 0.3 is 0 Å². The smallest absolute Gasteiger partial charge is 0.284 e. The summed E-state index contributed by atoms with van der Waals surface area (Å²) in [6, 6.07) is 13.3. The van der Waals surface area contributed by atoms with Crippen molar-refractivity contribution in [2.24, 2.45) is 0 Å². The van der Waals surface area contributed by atoms with E-state index < -0.39 is 5.56 Å². The van der Waals surface area contributed by atoms with Crippen molar-refractivity contribution in [3.63, 3.8) is 0 Å². The highest BCUT2D eigenvalue weighted by Gasteiger charge is 2.22. The molecule has 3 aromatic heterocycles. The molecule has 0 unspecified atom stereocenters. The standard InChI is InChI=1S/C24H16FN5O3S/c1-32-18-10-13(6-7-17(18)33-12-14-4-2-3-5-16(14)25)19-15(11-26)21(27)28-22-20(19)23(31)29-24-30(22)8-9-34-24/h2-10H,12H2,1H3,(H2,27,28). The first-order valence-electron chi connectivity index (χ1n) is 10.1. The number of halogens is 1. The monoisotopic (exact) mass is 473 g/mol. The summed E-state index contributed by atoms with van der Waals surface area (Å²) in [6.07, 6.45) is 1.73. The van der Waals surface area contributed by atoms with Gasteiger partial charge in [0.05, 0.1) is 12.5 Å². The number of anilines is 1. The molecule has 3 heterocycles. The zero-order valence-electron chi connectivity index (χ0n) is 17.8. The summed E-state index contributed by atoms with van der Waals surface area (Å²) >= 11 is 1.29. The predicted molar refractivity (Wildman–Crippen MR) is 126 cm³/mol. The van der Waals surface area contributed by atoms with Gasteiger partial charge < -0.3 is 15.2 Å². The summed E-state index contributed by atoms with van der Waals surface area (Å²) in [5.41, 5.74) is 7.17. The van der Waals surface area contributed by atoms with E-state index in [4.69, 9.17) is 15.2 Å². The van der Waals surface area contributed by atoms with Gasteiger partial charge in [0.2, 0.25) is 0 Å². The van der Waals surface area contributed by atoms with Gasteiger partial charge in [0.25, 0.3) is 5.56 Å². The van der Waals surface area contributed by atoms with E-state index in [0.29, 0.717) is 38.8 Å². The average molecular weight is 473 g/mol. The minimum absolute atomic E-state index is 0.00162. The molecule has 0 aliphatic carbocycles. The fourth-order valence-electron chi connectivity index (χ4n) is 3.74. The molecule has 0 fully saturated rings. The van der Waals surface area contributed by atoms with Gasteiger partial charge in [-0.25, -0.2) is 9.37 Å². The number of aromatic nitrogens is 3. The number of thiazole rings is 1. The van der Waals surface area contributed by atoms with E-state index in [9.17, 15) is 14.4 Å². The van der Waals surface area contributed by atoms with Crippen LogP contribution in [-0.4, -0.2) is 21.5 Å². The molecule has 0 saturated carbocycles. The summed E-state index contributed by atoms with van der Waals surface area (Å²) in [4.78, 5) is 21.9. The maximum atomic E-state index is 14.0. The second-order valence-electron chi connectivity index (χ2n) is 7.28. The largest absolute Gasteiger partial charge is 0.493 e. The lowest BCUT2D eigenvalue weighted by atomic mass is 9.97. The first-order chi connectivity index (χ1) is 16.5. The van der Waals surface area contributed by atoms with Gasteiger partial charge in [-0.2, -0.15) is 10.2 Å². The van der Waals surface area contributed by atoms with Crippen LogP contribution in [0.4, 0.5) is 10.2 Å². The second kappa shape index (κ2) is 8.46. The highest BCUT2D eigenvalue weighted by molar-refractivity contribution is 7.15. The number of hydrogen-bond acceptors (Lipinski definition) is 8. The fraction of sp³-hybridized carbons (Fsp3) is 0.0833. The van der Waals surface area contributed by atoms with Gasteiger partial charge in [-0.05, 0) is 23.8 Å². The van der Waals surface area contributed by atoms with Crippen molar-refractivity contribution in [3.05, 3.63) is 81.3 Å². The van der Waals surface area contributed by atoms with Crippen LogP contribution >= 0.6 is 11.3 Å². The van der Waals surface area contributed by atoms with Crippen molar-refractivity contribution in [2.75, 3.05) is 12.8 Å².